The number of rotatable bonds is 3. The summed E-state index contributed by atoms with van der Waals surface area (Å²) in [6.07, 6.45) is 3.91. The van der Waals surface area contributed by atoms with Gasteiger partial charge >= 0.3 is 5.69 Å². The first-order valence-corrected chi connectivity index (χ1v) is 9.01. The number of aromatic nitrogens is 3. The van der Waals surface area contributed by atoms with Gasteiger partial charge in [0.15, 0.2) is 0 Å². The van der Waals surface area contributed by atoms with Crippen molar-refractivity contribution in [3.05, 3.63) is 38.7 Å². The van der Waals surface area contributed by atoms with Crippen molar-refractivity contribution in [2.24, 2.45) is 7.05 Å². The maximum Gasteiger partial charge on any atom is 0.345 e. The van der Waals surface area contributed by atoms with Gasteiger partial charge in [0.25, 0.3) is 5.91 Å². The van der Waals surface area contributed by atoms with E-state index in [2.05, 4.69) is 5.10 Å². The van der Waals surface area contributed by atoms with Gasteiger partial charge in [-0.05, 0) is 37.1 Å². The van der Waals surface area contributed by atoms with Crippen LogP contribution in [0.3, 0.4) is 0 Å². The largest absolute Gasteiger partial charge is 0.345 e. The van der Waals surface area contributed by atoms with Crippen LogP contribution in [0.1, 0.15) is 53.1 Å². The molecule has 0 N–H and O–H groups in total. The Hall–Kier alpha value is -1.89. The Bertz CT molecular complexity index is 765. The highest BCUT2D eigenvalue weighted by Crippen LogP contribution is 2.40. The van der Waals surface area contributed by atoms with Crippen molar-refractivity contribution in [1.29, 1.82) is 0 Å². The second-order valence-corrected chi connectivity index (χ2v) is 7.36. The van der Waals surface area contributed by atoms with Crippen LogP contribution in [-0.4, -0.2) is 38.2 Å². The normalized spacial score (nSPS) is 19.3. The molecule has 0 atom stereocenters. The molecule has 1 aliphatic carbocycles. The van der Waals surface area contributed by atoms with Gasteiger partial charge in [0.05, 0.1) is 4.88 Å². The molecular formula is C16H20N4O2S. The number of likely N-dealkylation sites (tertiary alicyclic amines) is 1. The molecule has 1 amide bonds. The summed E-state index contributed by atoms with van der Waals surface area (Å²) in [5.41, 5.74) is -0.0186. The zero-order valence-electron chi connectivity index (χ0n) is 13.1. The summed E-state index contributed by atoms with van der Waals surface area (Å²) in [4.78, 5) is 27.5. The van der Waals surface area contributed by atoms with E-state index in [9.17, 15) is 9.59 Å². The van der Waals surface area contributed by atoms with E-state index < -0.39 is 0 Å². The van der Waals surface area contributed by atoms with E-state index in [1.807, 2.05) is 27.0 Å². The van der Waals surface area contributed by atoms with E-state index in [0.29, 0.717) is 19.0 Å². The molecule has 7 heteroatoms. The molecule has 4 rings (SSSR count). The lowest BCUT2D eigenvalue weighted by Crippen LogP contribution is -2.41. The van der Waals surface area contributed by atoms with Gasteiger partial charge in [-0.3, -0.25) is 9.36 Å². The molecule has 6 nitrogen and oxygen atoms in total. The predicted molar refractivity (Wildman–Crippen MR) is 87.9 cm³/mol. The van der Waals surface area contributed by atoms with Crippen LogP contribution < -0.4 is 5.69 Å². The monoisotopic (exact) mass is 332 g/mol. The van der Waals surface area contributed by atoms with E-state index in [0.717, 1.165) is 36.4 Å². The Labute approximate surface area is 138 Å². The lowest BCUT2D eigenvalue weighted by atomic mass is 10.0. The van der Waals surface area contributed by atoms with Crippen LogP contribution in [0.2, 0.25) is 0 Å². The van der Waals surface area contributed by atoms with Crippen molar-refractivity contribution in [3.63, 3.8) is 0 Å². The number of carbonyl (C=O) groups is 1. The molecule has 0 aromatic carbocycles. The Kier molecular flexibility index (Phi) is 3.60. The third-order valence-corrected chi connectivity index (χ3v) is 5.63. The molecule has 2 aliphatic rings. The Morgan fingerprint density at radius 3 is 2.61 bits per heavy atom. The number of hydrogen-bond acceptors (Lipinski definition) is 4. The van der Waals surface area contributed by atoms with Crippen LogP contribution in [0.25, 0.3) is 0 Å². The van der Waals surface area contributed by atoms with Gasteiger partial charge in [0.1, 0.15) is 5.82 Å². The number of carbonyl (C=O) groups excluding carboxylic acids is 1. The summed E-state index contributed by atoms with van der Waals surface area (Å²) < 4.78 is 3.35. The molecule has 0 unspecified atom stereocenters. The SMILES string of the molecule is Cn1nc(C2CC2)n(C2CCN(C(=O)c3cccs3)CC2)c1=O. The van der Waals surface area contributed by atoms with Gasteiger partial charge in [0.2, 0.25) is 0 Å². The second-order valence-electron chi connectivity index (χ2n) is 6.41. The number of nitrogens with zero attached hydrogens (tertiary/aromatic N) is 4. The van der Waals surface area contributed by atoms with Crippen molar-refractivity contribution >= 4 is 17.2 Å². The fraction of sp³-hybridized carbons (Fsp3) is 0.562. The first-order chi connectivity index (χ1) is 11.1. The molecule has 1 saturated carbocycles. The highest BCUT2D eigenvalue weighted by Gasteiger charge is 2.34. The first-order valence-electron chi connectivity index (χ1n) is 8.13. The van der Waals surface area contributed by atoms with Crippen molar-refractivity contribution in [1.82, 2.24) is 19.2 Å². The van der Waals surface area contributed by atoms with Gasteiger partial charge in [-0.15, -0.1) is 11.3 Å². The number of thiophene rings is 1. The molecule has 2 aromatic heterocycles. The molecule has 0 bridgehead atoms. The molecule has 0 spiro atoms. The van der Waals surface area contributed by atoms with Crippen LogP contribution in [0.15, 0.2) is 22.3 Å². The molecule has 23 heavy (non-hydrogen) atoms. The predicted octanol–water partition coefficient (Wildman–Crippen LogP) is 2.00. The summed E-state index contributed by atoms with van der Waals surface area (Å²) in [6.45, 7) is 1.40. The molecule has 2 fully saturated rings. The Balaban J connectivity index is 1.50. The number of piperidine rings is 1. The fourth-order valence-electron chi connectivity index (χ4n) is 3.34. The van der Waals surface area contributed by atoms with E-state index in [1.54, 1.807) is 7.05 Å². The fourth-order valence-corrected chi connectivity index (χ4v) is 4.04. The minimum absolute atomic E-state index is 0.0186. The Morgan fingerprint density at radius 2 is 2.00 bits per heavy atom. The number of aryl methyl sites for hydroxylation is 1. The van der Waals surface area contributed by atoms with E-state index in [-0.39, 0.29) is 17.6 Å². The van der Waals surface area contributed by atoms with E-state index in [1.165, 1.54) is 16.0 Å². The zero-order valence-corrected chi connectivity index (χ0v) is 14.0. The maximum absolute atomic E-state index is 12.4. The van der Waals surface area contributed by atoms with Gasteiger partial charge in [-0.25, -0.2) is 9.48 Å². The molecule has 2 aromatic rings. The first kappa shape index (κ1) is 14.7. The summed E-state index contributed by atoms with van der Waals surface area (Å²) in [7, 11) is 1.72. The average Bonchev–Trinajstić information content (AvgIpc) is 3.18. The summed E-state index contributed by atoms with van der Waals surface area (Å²) in [6, 6.07) is 3.94. The number of amides is 1. The van der Waals surface area contributed by atoms with Crippen molar-refractivity contribution in [2.45, 2.75) is 37.6 Å². The van der Waals surface area contributed by atoms with Crippen LogP contribution in [0, 0.1) is 0 Å². The smallest absolute Gasteiger partial charge is 0.338 e. The third kappa shape index (κ3) is 2.63. The maximum atomic E-state index is 12.4. The van der Waals surface area contributed by atoms with Gasteiger partial charge in [0, 0.05) is 32.1 Å². The average molecular weight is 332 g/mol. The van der Waals surface area contributed by atoms with Crippen molar-refractivity contribution < 1.29 is 4.79 Å². The Morgan fingerprint density at radius 1 is 1.26 bits per heavy atom. The highest BCUT2D eigenvalue weighted by atomic mass is 32.1. The lowest BCUT2D eigenvalue weighted by Gasteiger charge is -2.32. The molecule has 0 radical (unpaired) electrons. The molecule has 122 valence electrons. The number of hydrogen-bond donors (Lipinski definition) is 0. The lowest BCUT2D eigenvalue weighted by molar-refractivity contribution is 0.0697. The standard InChI is InChI=1S/C16H20N4O2S/c1-18-16(22)20(14(17-18)11-4-5-11)12-6-8-19(9-7-12)15(21)13-3-2-10-23-13/h2-3,10-12H,4-9H2,1H3. The summed E-state index contributed by atoms with van der Waals surface area (Å²) >= 11 is 1.48. The quantitative estimate of drug-likeness (QED) is 0.864. The molecule has 1 saturated heterocycles. The zero-order chi connectivity index (χ0) is 16.0. The third-order valence-electron chi connectivity index (χ3n) is 4.77. The molecule has 3 heterocycles. The van der Waals surface area contributed by atoms with E-state index in [4.69, 9.17) is 0 Å². The van der Waals surface area contributed by atoms with E-state index >= 15 is 0 Å². The summed E-state index contributed by atoms with van der Waals surface area (Å²) in [5, 5.41) is 6.36. The van der Waals surface area contributed by atoms with Crippen LogP contribution in [0.4, 0.5) is 0 Å². The van der Waals surface area contributed by atoms with Crippen LogP contribution in [-0.2, 0) is 7.05 Å². The highest BCUT2D eigenvalue weighted by molar-refractivity contribution is 7.12. The van der Waals surface area contributed by atoms with Crippen LogP contribution in [0.5, 0.6) is 0 Å². The van der Waals surface area contributed by atoms with Gasteiger partial charge in [-0.2, -0.15) is 5.10 Å². The van der Waals surface area contributed by atoms with Gasteiger partial charge < -0.3 is 4.90 Å². The second kappa shape index (κ2) is 5.63. The minimum Gasteiger partial charge on any atom is -0.338 e. The van der Waals surface area contributed by atoms with Crippen molar-refractivity contribution in [2.75, 3.05) is 13.1 Å². The molecular weight excluding hydrogens is 312 g/mol. The summed E-state index contributed by atoms with van der Waals surface area (Å²) in [5.74, 6) is 1.51. The van der Waals surface area contributed by atoms with Gasteiger partial charge in [-0.1, -0.05) is 6.07 Å². The minimum atomic E-state index is -0.0186. The van der Waals surface area contributed by atoms with Crippen molar-refractivity contribution in [3.8, 4) is 0 Å². The molecule has 1 aliphatic heterocycles. The topological polar surface area (TPSA) is 60.1 Å². The van der Waals surface area contributed by atoms with Crippen LogP contribution >= 0.6 is 11.3 Å².